The number of carbonyl (C=O) groups is 2. The van der Waals surface area contributed by atoms with Crippen LogP contribution in [0.3, 0.4) is 0 Å². The lowest BCUT2D eigenvalue weighted by Gasteiger charge is -2.06. The summed E-state index contributed by atoms with van der Waals surface area (Å²) < 4.78 is 41.7. The van der Waals surface area contributed by atoms with Crippen molar-refractivity contribution in [2.75, 3.05) is 5.32 Å². The molecule has 5 nitrogen and oxygen atoms in total. The first kappa shape index (κ1) is 18.3. The van der Waals surface area contributed by atoms with E-state index in [2.05, 4.69) is 10.3 Å². The van der Waals surface area contributed by atoms with Gasteiger partial charge in [-0.1, -0.05) is 0 Å². The van der Waals surface area contributed by atoms with Gasteiger partial charge in [-0.15, -0.1) is 11.3 Å². The molecule has 0 radical (unpaired) electrons. The standard InChI is InChI=1S/C14H11F3N2O3S2/c1-8(20)18-13-19-10(7-23-13)6-22-12(21)9-2-4-11(5-3-9)24-14(15,16)17/h2-5,7H,6H2,1H3,(H,18,19,20). The van der Waals surface area contributed by atoms with Gasteiger partial charge in [0.15, 0.2) is 5.13 Å². The number of amides is 1. The number of benzene rings is 1. The number of thioether (sulfide) groups is 1. The molecule has 2 rings (SSSR count). The Morgan fingerprint density at radius 1 is 1.29 bits per heavy atom. The van der Waals surface area contributed by atoms with Crippen LogP contribution in [0.15, 0.2) is 34.5 Å². The Hall–Kier alpha value is -2.07. The van der Waals surface area contributed by atoms with Gasteiger partial charge in [0, 0.05) is 17.2 Å². The van der Waals surface area contributed by atoms with E-state index in [1.54, 1.807) is 5.38 Å². The SMILES string of the molecule is CC(=O)Nc1nc(COC(=O)c2ccc(SC(F)(F)F)cc2)cs1. The molecule has 1 N–H and O–H groups in total. The van der Waals surface area contributed by atoms with Crippen molar-refractivity contribution in [2.24, 2.45) is 0 Å². The van der Waals surface area contributed by atoms with Gasteiger partial charge in [0.1, 0.15) is 6.61 Å². The van der Waals surface area contributed by atoms with Gasteiger partial charge in [-0.3, -0.25) is 4.79 Å². The number of alkyl halides is 3. The third-order valence-electron chi connectivity index (χ3n) is 2.51. The molecule has 0 saturated carbocycles. The third-order valence-corrected chi connectivity index (χ3v) is 4.06. The number of aromatic nitrogens is 1. The maximum Gasteiger partial charge on any atom is 0.446 e. The summed E-state index contributed by atoms with van der Waals surface area (Å²) in [5.74, 6) is -0.933. The number of nitrogens with one attached hydrogen (secondary N) is 1. The van der Waals surface area contributed by atoms with E-state index in [1.807, 2.05) is 0 Å². The molecule has 0 unspecified atom stereocenters. The van der Waals surface area contributed by atoms with Crippen LogP contribution >= 0.6 is 23.1 Å². The zero-order chi connectivity index (χ0) is 17.7. The number of rotatable bonds is 5. The average molecular weight is 376 g/mol. The fraction of sp³-hybridized carbons (Fsp3) is 0.214. The van der Waals surface area contributed by atoms with Gasteiger partial charge in [-0.05, 0) is 36.0 Å². The number of hydrogen-bond acceptors (Lipinski definition) is 6. The molecule has 1 heterocycles. The molecular formula is C14H11F3N2O3S2. The topological polar surface area (TPSA) is 68.3 Å². The first-order chi connectivity index (χ1) is 11.2. The van der Waals surface area contributed by atoms with E-state index in [0.717, 1.165) is 0 Å². The van der Waals surface area contributed by atoms with Crippen LogP contribution in [-0.2, 0) is 16.1 Å². The minimum absolute atomic E-state index is 0.0153. The lowest BCUT2D eigenvalue weighted by atomic mass is 10.2. The van der Waals surface area contributed by atoms with E-state index >= 15 is 0 Å². The van der Waals surface area contributed by atoms with Gasteiger partial charge < -0.3 is 10.1 Å². The van der Waals surface area contributed by atoms with Crippen molar-refractivity contribution in [2.45, 2.75) is 23.9 Å². The number of hydrogen-bond donors (Lipinski definition) is 1. The lowest BCUT2D eigenvalue weighted by molar-refractivity contribution is -0.114. The van der Waals surface area contributed by atoms with Crippen molar-refractivity contribution in [3.05, 3.63) is 40.9 Å². The first-order valence-electron chi connectivity index (χ1n) is 6.48. The number of ether oxygens (including phenoxy) is 1. The Kier molecular flexibility index (Phi) is 5.84. The maximum atomic E-state index is 12.2. The summed E-state index contributed by atoms with van der Waals surface area (Å²) in [6.07, 6.45) is 0. The van der Waals surface area contributed by atoms with Gasteiger partial charge in [0.25, 0.3) is 0 Å². The van der Waals surface area contributed by atoms with E-state index in [4.69, 9.17) is 4.74 Å². The first-order valence-corrected chi connectivity index (χ1v) is 8.17. The van der Waals surface area contributed by atoms with Gasteiger partial charge >= 0.3 is 11.5 Å². The second-order valence-electron chi connectivity index (χ2n) is 4.47. The molecule has 0 atom stereocenters. The van der Waals surface area contributed by atoms with Crippen molar-refractivity contribution in [3.8, 4) is 0 Å². The minimum Gasteiger partial charge on any atom is -0.456 e. The molecule has 0 aliphatic rings. The Morgan fingerprint density at radius 2 is 1.96 bits per heavy atom. The smallest absolute Gasteiger partial charge is 0.446 e. The summed E-state index contributed by atoms with van der Waals surface area (Å²) in [5.41, 5.74) is -3.78. The highest BCUT2D eigenvalue weighted by Gasteiger charge is 2.29. The summed E-state index contributed by atoms with van der Waals surface area (Å²) in [7, 11) is 0. The van der Waals surface area contributed by atoms with Crippen molar-refractivity contribution in [1.29, 1.82) is 0 Å². The average Bonchev–Trinajstić information content (AvgIpc) is 2.90. The van der Waals surface area contributed by atoms with Gasteiger partial charge in [0.05, 0.1) is 11.3 Å². The van der Waals surface area contributed by atoms with Crippen LogP contribution in [0, 0.1) is 0 Å². The second kappa shape index (κ2) is 7.67. The van der Waals surface area contributed by atoms with Crippen LogP contribution < -0.4 is 5.32 Å². The monoisotopic (exact) mass is 376 g/mol. The van der Waals surface area contributed by atoms with Crippen molar-refractivity contribution in [1.82, 2.24) is 4.98 Å². The van der Waals surface area contributed by atoms with E-state index in [-0.39, 0.29) is 34.7 Å². The molecule has 0 aliphatic heterocycles. The minimum atomic E-state index is -4.38. The van der Waals surface area contributed by atoms with Crippen LogP contribution in [0.4, 0.5) is 18.3 Å². The molecule has 0 saturated heterocycles. The highest BCUT2D eigenvalue weighted by molar-refractivity contribution is 8.00. The molecule has 0 bridgehead atoms. The predicted molar refractivity (Wildman–Crippen MR) is 83.9 cm³/mol. The number of thiazole rings is 1. The third kappa shape index (κ3) is 5.85. The predicted octanol–water partition coefficient (Wildman–Crippen LogP) is 4.07. The molecule has 1 aromatic heterocycles. The molecule has 1 amide bonds. The van der Waals surface area contributed by atoms with Gasteiger partial charge in [-0.25, -0.2) is 9.78 Å². The fourth-order valence-corrected chi connectivity index (χ4v) is 2.88. The van der Waals surface area contributed by atoms with E-state index in [1.165, 1.54) is 42.5 Å². The van der Waals surface area contributed by atoms with Crippen LogP contribution in [0.2, 0.25) is 0 Å². The largest absolute Gasteiger partial charge is 0.456 e. The van der Waals surface area contributed by atoms with Crippen LogP contribution in [0.5, 0.6) is 0 Å². The highest BCUT2D eigenvalue weighted by Crippen LogP contribution is 2.36. The normalized spacial score (nSPS) is 11.2. The summed E-state index contributed by atoms with van der Waals surface area (Å²) in [6.45, 7) is 1.25. The number of carbonyl (C=O) groups excluding carboxylic acids is 2. The van der Waals surface area contributed by atoms with Crippen molar-refractivity contribution < 1.29 is 27.5 Å². The number of halogens is 3. The summed E-state index contributed by atoms with van der Waals surface area (Å²) in [5, 5.41) is 4.52. The van der Waals surface area contributed by atoms with Gasteiger partial charge in [-0.2, -0.15) is 13.2 Å². The molecule has 0 fully saturated rings. The molecule has 2 aromatic rings. The Labute approximate surface area is 143 Å². The van der Waals surface area contributed by atoms with E-state index < -0.39 is 11.5 Å². The molecule has 1 aromatic carbocycles. The van der Waals surface area contributed by atoms with Crippen molar-refractivity contribution >= 4 is 40.1 Å². The van der Waals surface area contributed by atoms with E-state index in [9.17, 15) is 22.8 Å². The van der Waals surface area contributed by atoms with E-state index in [0.29, 0.717) is 10.8 Å². The van der Waals surface area contributed by atoms with Crippen molar-refractivity contribution in [3.63, 3.8) is 0 Å². The Bertz CT molecular complexity index is 730. The maximum absolute atomic E-state index is 12.2. The summed E-state index contributed by atoms with van der Waals surface area (Å²) in [4.78, 5) is 26.8. The molecule has 0 aliphatic carbocycles. The number of esters is 1. The molecule has 0 spiro atoms. The lowest BCUT2D eigenvalue weighted by Crippen LogP contribution is -2.07. The number of nitrogens with zero attached hydrogens (tertiary/aromatic N) is 1. The van der Waals surface area contributed by atoms with Crippen LogP contribution in [0.1, 0.15) is 23.0 Å². The van der Waals surface area contributed by atoms with Crippen LogP contribution in [-0.4, -0.2) is 22.4 Å². The Morgan fingerprint density at radius 3 is 2.54 bits per heavy atom. The zero-order valence-corrected chi connectivity index (χ0v) is 13.8. The molecule has 10 heteroatoms. The highest BCUT2D eigenvalue weighted by atomic mass is 32.2. The summed E-state index contributed by atoms with van der Waals surface area (Å²) in [6, 6.07) is 4.93. The van der Waals surface area contributed by atoms with Crippen LogP contribution in [0.25, 0.3) is 0 Å². The molecular weight excluding hydrogens is 365 g/mol. The fourth-order valence-electron chi connectivity index (χ4n) is 1.60. The van der Waals surface area contributed by atoms with Gasteiger partial charge in [0.2, 0.25) is 5.91 Å². The summed E-state index contributed by atoms with van der Waals surface area (Å²) >= 11 is 0.933. The number of anilines is 1. The quantitative estimate of drug-likeness (QED) is 0.629. The molecule has 128 valence electrons. The molecule has 24 heavy (non-hydrogen) atoms. The Balaban J connectivity index is 1.90. The second-order valence-corrected chi connectivity index (χ2v) is 6.47. The zero-order valence-electron chi connectivity index (χ0n) is 12.2.